The number of urea groups is 1. The van der Waals surface area contributed by atoms with Crippen LogP contribution in [-0.2, 0) is 11.3 Å². The smallest absolute Gasteiger partial charge is 0.322 e. The van der Waals surface area contributed by atoms with Crippen molar-refractivity contribution in [2.75, 3.05) is 25.0 Å². The lowest BCUT2D eigenvalue weighted by molar-refractivity contribution is -0.0219. The van der Waals surface area contributed by atoms with Crippen LogP contribution >= 0.6 is 11.6 Å². The molecule has 3 rings (SSSR count). The summed E-state index contributed by atoms with van der Waals surface area (Å²) < 4.78 is 13.2. The van der Waals surface area contributed by atoms with E-state index in [1.807, 2.05) is 37.8 Å². The summed E-state index contributed by atoms with van der Waals surface area (Å²) in [6.07, 6.45) is 3.73. The number of morpholine rings is 1. The molecule has 1 N–H and O–H groups in total. The van der Waals surface area contributed by atoms with Gasteiger partial charge in [0.1, 0.15) is 5.75 Å². The number of amides is 2. The monoisotopic (exact) mass is 392 g/mol. The van der Waals surface area contributed by atoms with Crippen molar-refractivity contribution in [3.05, 3.63) is 41.2 Å². The van der Waals surface area contributed by atoms with Crippen molar-refractivity contribution >= 4 is 23.3 Å². The second-order valence-electron chi connectivity index (χ2n) is 6.92. The Morgan fingerprint density at radius 2 is 2.30 bits per heavy atom. The fourth-order valence-electron chi connectivity index (χ4n) is 2.93. The number of anilines is 1. The van der Waals surface area contributed by atoms with Crippen molar-refractivity contribution in [2.45, 2.75) is 39.5 Å². The molecule has 0 radical (unpaired) electrons. The van der Waals surface area contributed by atoms with Crippen molar-refractivity contribution in [1.29, 1.82) is 0 Å². The van der Waals surface area contributed by atoms with Crippen LogP contribution in [0.2, 0.25) is 5.02 Å². The summed E-state index contributed by atoms with van der Waals surface area (Å²) in [7, 11) is 0. The maximum atomic E-state index is 12.6. The predicted octanol–water partition coefficient (Wildman–Crippen LogP) is 3.57. The van der Waals surface area contributed by atoms with E-state index in [0.717, 1.165) is 5.56 Å². The molecule has 7 nitrogen and oxygen atoms in total. The van der Waals surface area contributed by atoms with Crippen molar-refractivity contribution in [3.8, 4) is 5.75 Å². The van der Waals surface area contributed by atoms with Crippen LogP contribution in [0.15, 0.2) is 30.6 Å². The summed E-state index contributed by atoms with van der Waals surface area (Å²) in [5, 5.41) is 7.59. The highest BCUT2D eigenvalue weighted by atomic mass is 35.5. The fraction of sp³-hybridized carbons (Fsp3) is 0.474. The third-order valence-electron chi connectivity index (χ3n) is 4.13. The van der Waals surface area contributed by atoms with Crippen LogP contribution < -0.4 is 10.1 Å². The number of aromatic nitrogens is 2. The summed E-state index contributed by atoms with van der Waals surface area (Å²) in [4.78, 5) is 14.4. The number of rotatable bonds is 5. The Morgan fingerprint density at radius 1 is 1.48 bits per heavy atom. The average Bonchev–Trinajstić information content (AvgIpc) is 3.02. The molecule has 2 heterocycles. The molecule has 0 bridgehead atoms. The zero-order valence-corrected chi connectivity index (χ0v) is 16.6. The van der Waals surface area contributed by atoms with Gasteiger partial charge in [-0.1, -0.05) is 11.6 Å². The molecule has 0 aliphatic carbocycles. The highest BCUT2D eigenvalue weighted by molar-refractivity contribution is 6.33. The minimum Gasteiger partial charge on any atom is -0.491 e. The summed E-state index contributed by atoms with van der Waals surface area (Å²) in [5.74, 6) is 0.675. The normalized spacial score (nSPS) is 17.2. The Hall–Kier alpha value is -2.25. The second-order valence-corrected chi connectivity index (χ2v) is 7.32. The first-order chi connectivity index (χ1) is 12.9. The molecular formula is C19H25ClN4O3. The zero-order chi connectivity index (χ0) is 19.4. The topological polar surface area (TPSA) is 68.6 Å². The zero-order valence-electron chi connectivity index (χ0n) is 15.8. The molecule has 146 valence electrons. The van der Waals surface area contributed by atoms with E-state index < -0.39 is 0 Å². The molecular weight excluding hydrogens is 368 g/mol. The molecule has 2 amide bonds. The van der Waals surface area contributed by atoms with Crippen LogP contribution in [-0.4, -0.2) is 52.6 Å². The Kier molecular flexibility index (Phi) is 6.23. The Balaban J connectivity index is 1.58. The summed E-state index contributed by atoms with van der Waals surface area (Å²) >= 11 is 6.28. The van der Waals surface area contributed by atoms with Crippen LogP contribution in [0.25, 0.3) is 0 Å². The van der Waals surface area contributed by atoms with Crippen LogP contribution in [0.4, 0.5) is 10.5 Å². The van der Waals surface area contributed by atoms with Crippen LogP contribution in [0.1, 0.15) is 19.4 Å². The molecule has 1 atom stereocenters. The van der Waals surface area contributed by atoms with Gasteiger partial charge < -0.3 is 19.7 Å². The Labute approximate surface area is 164 Å². The number of hydrogen-bond acceptors (Lipinski definition) is 4. The number of benzene rings is 1. The molecule has 0 saturated carbocycles. The van der Waals surface area contributed by atoms with E-state index in [1.54, 1.807) is 23.1 Å². The van der Waals surface area contributed by atoms with Gasteiger partial charge in [0, 0.05) is 18.8 Å². The maximum Gasteiger partial charge on any atom is 0.322 e. The number of ether oxygens (including phenoxy) is 2. The lowest BCUT2D eigenvalue weighted by Crippen LogP contribution is -2.48. The number of aryl methyl sites for hydroxylation is 1. The molecule has 1 fully saturated rings. The number of halogens is 1. The summed E-state index contributed by atoms with van der Waals surface area (Å²) in [5.41, 5.74) is 1.66. The van der Waals surface area contributed by atoms with E-state index in [-0.39, 0.29) is 18.2 Å². The van der Waals surface area contributed by atoms with Crippen molar-refractivity contribution in [2.24, 2.45) is 0 Å². The van der Waals surface area contributed by atoms with E-state index in [2.05, 4.69) is 10.4 Å². The van der Waals surface area contributed by atoms with Gasteiger partial charge in [-0.15, -0.1) is 0 Å². The fourth-order valence-corrected chi connectivity index (χ4v) is 3.14. The van der Waals surface area contributed by atoms with Crippen molar-refractivity contribution in [1.82, 2.24) is 14.7 Å². The van der Waals surface area contributed by atoms with E-state index in [1.165, 1.54) is 0 Å². The third-order valence-corrected chi connectivity index (χ3v) is 4.45. The molecule has 1 aromatic heterocycles. The van der Waals surface area contributed by atoms with Gasteiger partial charge in [-0.05, 0) is 38.5 Å². The molecule has 1 aromatic carbocycles. The molecule has 1 unspecified atom stereocenters. The number of carbonyl (C=O) groups excluding carboxylic acids is 1. The standard InChI is InChI=1S/C19H25ClN4O3/c1-13(2)27-15-4-5-18(17(20)8-15)22-19(25)23-6-7-26-16(11-23)12-24-10-14(3)9-21-24/h4-5,8-10,13,16H,6-7,11-12H2,1-3H3,(H,22,25). The summed E-state index contributed by atoms with van der Waals surface area (Å²) in [6.45, 7) is 8.02. The third kappa shape index (κ3) is 5.37. The molecule has 0 spiro atoms. The average molecular weight is 393 g/mol. The van der Waals surface area contributed by atoms with Gasteiger partial charge in [0.25, 0.3) is 0 Å². The van der Waals surface area contributed by atoms with Crippen molar-refractivity contribution < 1.29 is 14.3 Å². The Bertz CT molecular complexity index is 793. The van der Waals surface area contributed by atoms with E-state index in [9.17, 15) is 4.79 Å². The number of carbonyl (C=O) groups is 1. The van der Waals surface area contributed by atoms with E-state index in [4.69, 9.17) is 21.1 Å². The second kappa shape index (κ2) is 8.63. The minimum atomic E-state index is -0.195. The highest BCUT2D eigenvalue weighted by Gasteiger charge is 2.25. The predicted molar refractivity (Wildman–Crippen MR) is 105 cm³/mol. The molecule has 2 aromatic rings. The van der Waals surface area contributed by atoms with Gasteiger partial charge in [-0.3, -0.25) is 4.68 Å². The molecule has 27 heavy (non-hydrogen) atoms. The van der Waals surface area contributed by atoms with Crippen molar-refractivity contribution in [3.63, 3.8) is 0 Å². The largest absolute Gasteiger partial charge is 0.491 e. The van der Waals surface area contributed by atoms with Gasteiger partial charge in [0.05, 0.1) is 48.8 Å². The quantitative estimate of drug-likeness (QED) is 0.844. The van der Waals surface area contributed by atoms with Crippen LogP contribution in [0.5, 0.6) is 5.75 Å². The van der Waals surface area contributed by atoms with Crippen LogP contribution in [0, 0.1) is 6.92 Å². The van der Waals surface area contributed by atoms with Gasteiger partial charge in [-0.25, -0.2) is 4.79 Å². The number of nitrogens with one attached hydrogen (secondary N) is 1. The van der Waals surface area contributed by atoms with Crippen LogP contribution in [0.3, 0.4) is 0 Å². The SMILES string of the molecule is Cc1cnn(CC2CN(C(=O)Nc3ccc(OC(C)C)cc3Cl)CCO2)c1. The minimum absolute atomic E-state index is 0.0605. The maximum absolute atomic E-state index is 12.6. The highest BCUT2D eigenvalue weighted by Crippen LogP contribution is 2.27. The molecule has 8 heteroatoms. The first kappa shape index (κ1) is 19.5. The summed E-state index contributed by atoms with van der Waals surface area (Å²) in [6, 6.07) is 5.06. The Morgan fingerprint density at radius 3 is 2.96 bits per heavy atom. The van der Waals surface area contributed by atoms with E-state index >= 15 is 0 Å². The molecule has 1 saturated heterocycles. The first-order valence-corrected chi connectivity index (χ1v) is 9.41. The number of hydrogen-bond donors (Lipinski definition) is 1. The van der Waals surface area contributed by atoms with E-state index in [0.29, 0.717) is 42.7 Å². The number of nitrogens with zero attached hydrogens (tertiary/aromatic N) is 3. The van der Waals surface area contributed by atoms with Gasteiger partial charge in [-0.2, -0.15) is 5.10 Å². The first-order valence-electron chi connectivity index (χ1n) is 9.03. The lowest BCUT2D eigenvalue weighted by atomic mass is 10.2. The lowest BCUT2D eigenvalue weighted by Gasteiger charge is -2.33. The van der Waals surface area contributed by atoms with Gasteiger partial charge in [0.15, 0.2) is 0 Å². The molecule has 1 aliphatic heterocycles. The molecule has 1 aliphatic rings. The van der Waals surface area contributed by atoms with Gasteiger partial charge in [0.2, 0.25) is 0 Å². The van der Waals surface area contributed by atoms with Gasteiger partial charge >= 0.3 is 6.03 Å².